The molecule has 0 spiro atoms. The van der Waals surface area contributed by atoms with Crippen LogP contribution in [0.2, 0.25) is 0 Å². The van der Waals surface area contributed by atoms with Crippen molar-refractivity contribution in [2.45, 2.75) is 39.2 Å². The lowest BCUT2D eigenvalue weighted by Crippen LogP contribution is -2.33. The zero-order valence-corrected chi connectivity index (χ0v) is 14.7. The number of phenolic OH excluding ortho intramolecular Hbond substituents is 2. The molecule has 0 fully saturated rings. The van der Waals surface area contributed by atoms with Crippen molar-refractivity contribution >= 4 is 11.6 Å². The highest BCUT2D eigenvalue weighted by atomic mass is 16.5. The van der Waals surface area contributed by atoms with Crippen LogP contribution < -0.4 is 9.47 Å². The molecule has 0 aliphatic carbocycles. The van der Waals surface area contributed by atoms with E-state index < -0.39 is 0 Å². The highest BCUT2D eigenvalue weighted by molar-refractivity contribution is 5.89. The molecule has 0 unspecified atom stereocenters. The number of benzene rings is 2. The van der Waals surface area contributed by atoms with Crippen molar-refractivity contribution in [1.29, 1.82) is 0 Å². The fourth-order valence-electron chi connectivity index (χ4n) is 3.50. The molecule has 0 radical (unpaired) electrons. The lowest BCUT2D eigenvalue weighted by atomic mass is 9.90. The number of hydrogen-bond donors (Lipinski definition) is 2. The highest BCUT2D eigenvalue weighted by Crippen LogP contribution is 2.44. The molecule has 2 aromatic rings. The quantitative estimate of drug-likeness (QED) is 0.807. The van der Waals surface area contributed by atoms with E-state index in [9.17, 15) is 10.2 Å². The van der Waals surface area contributed by atoms with Crippen LogP contribution in [0.4, 0.5) is 0 Å². The SMILES string of the molecule is Cc1c(O)ccc(C2=Cc3ccc4c(c3OC2)CCC(C)(C)O4)c1O. The lowest BCUT2D eigenvalue weighted by molar-refractivity contribution is 0.0834. The highest BCUT2D eigenvalue weighted by Gasteiger charge is 2.30. The van der Waals surface area contributed by atoms with E-state index in [1.54, 1.807) is 19.1 Å². The van der Waals surface area contributed by atoms with E-state index in [4.69, 9.17) is 9.47 Å². The average molecular weight is 338 g/mol. The number of hydrogen-bond acceptors (Lipinski definition) is 4. The van der Waals surface area contributed by atoms with Crippen LogP contribution in [0.5, 0.6) is 23.0 Å². The van der Waals surface area contributed by atoms with E-state index in [-0.39, 0.29) is 17.1 Å². The summed E-state index contributed by atoms with van der Waals surface area (Å²) in [6, 6.07) is 7.32. The van der Waals surface area contributed by atoms with Gasteiger partial charge in [0.2, 0.25) is 0 Å². The van der Waals surface area contributed by atoms with E-state index in [1.807, 2.05) is 18.2 Å². The summed E-state index contributed by atoms with van der Waals surface area (Å²) in [6.07, 6.45) is 3.93. The van der Waals surface area contributed by atoms with Crippen LogP contribution in [0.3, 0.4) is 0 Å². The molecule has 0 aromatic heterocycles. The molecule has 130 valence electrons. The van der Waals surface area contributed by atoms with Gasteiger partial charge in [-0.2, -0.15) is 0 Å². The van der Waals surface area contributed by atoms with Gasteiger partial charge in [0.15, 0.2) is 0 Å². The minimum atomic E-state index is -0.147. The van der Waals surface area contributed by atoms with Crippen molar-refractivity contribution in [3.05, 3.63) is 46.5 Å². The summed E-state index contributed by atoms with van der Waals surface area (Å²) in [5, 5.41) is 20.1. The molecule has 4 nitrogen and oxygen atoms in total. The van der Waals surface area contributed by atoms with Gasteiger partial charge in [-0.15, -0.1) is 0 Å². The van der Waals surface area contributed by atoms with Gasteiger partial charge >= 0.3 is 0 Å². The Kier molecular flexibility index (Phi) is 3.46. The monoisotopic (exact) mass is 338 g/mol. The summed E-state index contributed by atoms with van der Waals surface area (Å²) in [6.45, 7) is 6.28. The van der Waals surface area contributed by atoms with E-state index >= 15 is 0 Å². The Bertz CT molecular complexity index is 893. The molecule has 2 heterocycles. The van der Waals surface area contributed by atoms with Gasteiger partial charge in [0.1, 0.15) is 35.2 Å². The number of ether oxygens (including phenoxy) is 2. The van der Waals surface area contributed by atoms with Crippen LogP contribution in [0.1, 0.15) is 42.5 Å². The van der Waals surface area contributed by atoms with Crippen LogP contribution in [0, 0.1) is 6.92 Å². The van der Waals surface area contributed by atoms with Crippen molar-refractivity contribution in [3.8, 4) is 23.0 Å². The summed E-state index contributed by atoms with van der Waals surface area (Å²) < 4.78 is 12.1. The Morgan fingerprint density at radius 1 is 1.08 bits per heavy atom. The summed E-state index contributed by atoms with van der Waals surface area (Å²) >= 11 is 0. The first kappa shape index (κ1) is 15.9. The van der Waals surface area contributed by atoms with Crippen LogP contribution in [0.25, 0.3) is 11.6 Å². The topological polar surface area (TPSA) is 58.9 Å². The zero-order chi connectivity index (χ0) is 17.8. The van der Waals surface area contributed by atoms with Crippen molar-refractivity contribution < 1.29 is 19.7 Å². The summed E-state index contributed by atoms with van der Waals surface area (Å²) in [7, 11) is 0. The molecule has 0 saturated carbocycles. The largest absolute Gasteiger partial charge is 0.508 e. The standard InChI is InChI=1S/C21H22O4/c1-12-17(22)6-5-15(19(12)23)14-10-13-4-7-18-16(20(13)24-11-14)8-9-21(2,3)25-18/h4-7,10,22-23H,8-9,11H2,1-3H3. The third-order valence-electron chi connectivity index (χ3n) is 5.06. The maximum absolute atomic E-state index is 10.4. The van der Waals surface area contributed by atoms with E-state index in [0.717, 1.165) is 41.0 Å². The molecule has 4 rings (SSSR count). The second-order valence-electron chi connectivity index (χ2n) is 7.39. The Morgan fingerprint density at radius 3 is 2.68 bits per heavy atom. The Balaban J connectivity index is 1.76. The number of rotatable bonds is 1. The molecular formula is C21H22O4. The molecular weight excluding hydrogens is 316 g/mol. The van der Waals surface area contributed by atoms with Crippen molar-refractivity contribution in [1.82, 2.24) is 0 Å². The van der Waals surface area contributed by atoms with Gasteiger partial charge in [-0.3, -0.25) is 0 Å². The van der Waals surface area contributed by atoms with E-state index in [2.05, 4.69) is 13.8 Å². The summed E-state index contributed by atoms with van der Waals surface area (Å²) in [4.78, 5) is 0. The number of phenols is 2. The molecule has 4 heteroatoms. The number of aromatic hydroxyl groups is 2. The molecule has 2 aliphatic heterocycles. The predicted octanol–water partition coefficient (Wildman–Crippen LogP) is 4.44. The smallest absolute Gasteiger partial charge is 0.133 e. The van der Waals surface area contributed by atoms with Gasteiger partial charge in [0.05, 0.1) is 0 Å². The Labute approximate surface area is 147 Å². The maximum Gasteiger partial charge on any atom is 0.133 e. The molecule has 0 saturated heterocycles. The molecule has 0 atom stereocenters. The predicted molar refractivity (Wildman–Crippen MR) is 97.3 cm³/mol. The second-order valence-corrected chi connectivity index (χ2v) is 7.39. The Hall–Kier alpha value is -2.62. The van der Waals surface area contributed by atoms with Crippen LogP contribution >= 0.6 is 0 Å². The van der Waals surface area contributed by atoms with Crippen molar-refractivity contribution in [2.24, 2.45) is 0 Å². The van der Waals surface area contributed by atoms with Crippen molar-refractivity contribution in [3.63, 3.8) is 0 Å². The molecule has 2 aliphatic rings. The van der Waals surface area contributed by atoms with Gasteiger partial charge < -0.3 is 19.7 Å². The van der Waals surface area contributed by atoms with Crippen LogP contribution in [-0.4, -0.2) is 22.4 Å². The number of fused-ring (bicyclic) bond motifs is 3. The minimum Gasteiger partial charge on any atom is -0.508 e. The van der Waals surface area contributed by atoms with Crippen molar-refractivity contribution in [2.75, 3.05) is 6.61 Å². The molecule has 0 amide bonds. The van der Waals surface area contributed by atoms with Gasteiger partial charge in [-0.25, -0.2) is 0 Å². The minimum absolute atomic E-state index is 0.0906. The third kappa shape index (κ3) is 2.62. The molecule has 2 N–H and O–H groups in total. The fourth-order valence-corrected chi connectivity index (χ4v) is 3.50. The van der Waals surface area contributed by atoms with Gasteiger partial charge in [0, 0.05) is 27.8 Å². The fraction of sp³-hybridized carbons (Fsp3) is 0.333. The van der Waals surface area contributed by atoms with Crippen LogP contribution in [-0.2, 0) is 6.42 Å². The normalized spacial score (nSPS) is 17.6. The first-order chi connectivity index (χ1) is 11.9. The summed E-state index contributed by atoms with van der Waals surface area (Å²) in [5.41, 5.74) is 4.03. The van der Waals surface area contributed by atoms with Gasteiger partial charge in [-0.05, 0) is 64.0 Å². The lowest BCUT2D eigenvalue weighted by Gasteiger charge is -2.34. The van der Waals surface area contributed by atoms with E-state index in [1.165, 1.54) is 0 Å². The first-order valence-electron chi connectivity index (χ1n) is 8.56. The molecule has 25 heavy (non-hydrogen) atoms. The second kappa shape index (κ2) is 5.45. The molecule has 0 bridgehead atoms. The van der Waals surface area contributed by atoms with E-state index in [0.29, 0.717) is 17.7 Å². The van der Waals surface area contributed by atoms with Gasteiger partial charge in [-0.1, -0.05) is 0 Å². The zero-order valence-electron chi connectivity index (χ0n) is 14.7. The van der Waals surface area contributed by atoms with Crippen LogP contribution in [0.15, 0.2) is 24.3 Å². The third-order valence-corrected chi connectivity index (χ3v) is 5.06. The summed E-state index contributed by atoms with van der Waals surface area (Å²) in [5.74, 6) is 1.97. The molecule has 2 aromatic carbocycles. The first-order valence-corrected chi connectivity index (χ1v) is 8.56. The van der Waals surface area contributed by atoms with Gasteiger partial charge in [0.25, 0.3) is 0 Å². The maximum atomic E-state index is 10.4. The Morgan fingerprint density at radius 2 is 1.88 bits per heavy atom. The average Bonchev–Trinajstić information content (AvgIpc) is 2.58.